The Hall–Kier alpha value is -0.320. The van der Waals surface area contributed by atoms with Crippen LogP contribution in [0.5, 0.6) is 0 Å². The van der Waals surface area contributed by atoms with Crippen LogP contribution in [0.15, 0.2) is 12.2 Å². The molecule has 0 bridgehead atoms. The van der Waals surface area contributed by atoms with Crippen molar-refractivity contribution in [2.75, 3.05) is 6.61 Å². The first-order valence-electron chi connectivity index (χ1n) is 7.72. The van der Waals surface area contributed by atoms with E-state index in [0.29, 0.717) is 12.7 Å². The van der Waals surface area contributed by atoms with Gasteiger partial charge in [-0.2, -0.15) is 0 Å². The number of esters is 1. The zero-order chi connectivity index (χ0) is 15.1. The van der Waals surface area contributed by atoms with Gasteiger partial charge < -0.3 is 14.6 Å². The third-order valence-electron chi connectivity index (χ3n) is 3.10. The molecule has 0 rings (SSSR count). The molecule has 0 saturated carbocycles. The number of hydrogen-bond donors (Lipinski definition) is 0. The van der Waals surface area contributed by atoms with Gasteiger partial charge in [-0.05, 0) is 12.5 Å². The largest absolute Gasteiger partial charge is 1.00 e. The smallest absolute Gasteiger partial charge is 0.545 e. The molecule has 0 aromatic carbocycles. The standard InChI is InChI=1S/C16H28O4.Na/c1-2-3-4-5-6-7-8-9-10-11-14-20-16(19)13-12-15(17)18;/h12-13H,2-11,14H2,1H3,(H,17,18);/q;+1/p-1. The van der Waals surface area contributed by atoms with Crippen LogP contribution in [-0.4, -0.2) is 18.5 Å². The van der Waals surface area contributed by atoms with E-state index in [1.807, 2.05) is 0 Å². The van der Waals surface area contributed by atoms with E-state index in [1.54, 1.807) is 0 Å². The first-order chi connectivity index (χ1) is 9.66. The molecule has 0 amide bonds. The number of ether oxygens (including phenoxy) is 1. The van der Waals surface area contributed by atoms with Gasteiger partial charge in [0.1, 0.15) is 0 Å². The predicted octanol–water partition coefficient (Wildman–Crippen LogP) is -0.239. The molecule has 0 unspecified atom stereocenters. The molecule has 0 aliphatic rings. The van der Waals surface area contributed by atoms with Crippen molar-refractivity contribution in [3.8, 4) is 0 Å². The second-order valence-corrected chi connectivity index (χ2v) is 5.00. The first kappa shape index (κ1) is 23.0. The number of carboxylic acids is 1. The van der Waals surface area contributed by atoms with E-state index in [4.69, 9.17) is 4.74 Å². The van der Waals surface area contributed by atoms with Crippen LogP contribution in [0.1, 0.15) is 71.1 Å². The van der Waals surface area contributed by atoms with Gasteiger partial charge in [-0.3, -0.25) is 0 Å². The van der Waals surface area contributed by atoms with Crippen LogP contribution in [-0.2, 0) is 14.3 Å². The third-order valence-corrected chi connectivity index (χ3v) is 3.10. The molecule has 0 fully saturated rings. The molecule has 0 aromatic rings. The molecular formula is C16H27NaO4. The molecule has 0 saturated heterocycles. The SMILES string of the molecule is CCCCCCCCCCCCOC(=O)C=CC(=O)[O-].[Na+]. The van der Waals surface area contributed by atoms with Crippen molar-refractivity contribution in [2.24, 2.45) is 0 Å². The second kappa shape index (κ2) is 17.7. The van der Waals surface area contributed by atoms with Crippen LogP contribution in [0.4, 0.5) is 0 Å². The van der Waals surface area contributed by atoms with Crippen LogP contribution in [0, 0.1) is 0 Å². The van der Waals surface area contributed by atoms with Crippen molar-refractivity contribution < 1.29 is 49.0 Å². The van der Waals surface area contributed by atoms with Gasteiger partial charge in [0.05, 0.1) is 12.6 Å². The van der Waals surface area contributed by atoms with Crippen molar-refractivity contribution in [1.82, 2.24) is 0 Å². The first-order valence-corrected chi connectivity index (χ1v) is 7.72. The Kier molecular flexibility index (Phi) is 19.4. The van der Waals surface area contributed by atoms with E-state index < -0.39 is 11.9 Å². The maximum atomic E-state index is 11.0. The zero-order valence-corrected chi connectivity index (χ0v) is 15.6. The van der Waals surface area contributed by atoms with E-state index in [0.717, 1.165) is 18.9 Å². The molecule has 0 atom stereocenters. The van der Waals surface area contributed by atoms with Gasteiger partial charge in [0.15, 0.2) is 0 Å². The summed E-state index contributed by atoms with van der Waals surface area (Å²) in [6.45, 7) is 2.58. The van der Waals surface area contributed by atoms with E-state index in [9.17, 15) is 14.7 Å². The molecule has 21 heavy (non-hydrogen) atoms. The van der Waals surface area contributed by atoms with Gasteiger partial charge in [0.25, 0.3) is 0 Å². The molecule has 0 radical (unpaired) electrons. The Balaban J connectivity index is 0. The third kappa shape index (κ3) is 19.7. The maximum Gasteiger partial charge on any atom is 1.00 e. The van der Waals surface area contributed by atoms with Crippen LogP contribution < -0.4 is 34.7 Å². The minimum absolute atomic E-state index is 0. The van der Waals surface area contributed by atoms with Crippen molar-refractivity contribution in [3.63, 3.8) is 0 Å². The summed E-state index contributed by atoms with van der Waals surface area (Å²) in [6, 6.07) is 0. The quantitative estimate of drug-likeness (QED) is 0.204. The van der Waals surface area contributed by atoms with Crippen molar-refractivity contribution >= 4 is 11.9 Å². The fraction of sp³-hybridized carbons (Fsp3) is 0.750. The van der Waals surface area contributed by atoms with Crippen molar-refractivity contribution in [1.29, 1.82) is 0 Å². The summed E-state index contributed by atoms with van der Waals surface area (Å²) in [5, 5.41) is 10.1. The summed E-state index contributed by atoms with van der Waals surface area (Å²) in [7, 11) is 0. The summed E-state index contributed by atoms with van der Waals surface area (Å²) in [4.78, 5) is 21.1. The Morgan fingerprint density at radius 2 is 1.33 bits per heavy atom. The number of hydrogen-bond acceptors (Lipinski definition) is 4. The van der Waals surface area contributed by atoms with Gasteiger partial charge in [-0.25, -0.2) is 4.79 Å². The minimum atomic E-state index is -1.39. The molecule has 0 aliphatic heterocycles. The Bertz CT molecular complexity index is 290. The van der Waals surface area contributed by atoms with Crippen LogP contribution in [0.2, 0.25) is 0 Å². The number of aliphatic carboxylic acids is 1. The van der Waals surface area contributed by atoms with Gasteiger partial charge in [0.2, 0.25) is 0 Å². The molecular weight excluding hydrogens is 279 g/mol. The number of carboxylic acid groups (broad SMARTS) is 1. The van der Waals surface area contributed by atoms with E-state index in [2.05, 4.69) is 6.92 Å². The summed E-state index contributed by atoms with van der Waals surface area (Å²) >= 11 is 0. The summed E-state index contributed by atoms with van der Waals surface area (Å²) < 4.78 is 4.85. The van der Waals surface area contributed by atoms with Gasteiger partial charge in [0, 0.05) is 6.08 Å². The fourth-order valence-corrected chi connectivity index (χ4v) is 1.95. The monoisotopic (exact) mass is 306 g/mol. The minimum Gasteiger partial charge on any atom is -0.545 e. The fourth-order valence-electron chi connectivity index (χ4n) is 1.95. The molecule has 0 spiro atoms. The average molecular weight is 306 g/mol. The number of unbranched alkanes of at least 4 members (excludes halogenated alkanes) is 9. The Labute approximate surface area is 150 Å². The van der Waals surface area contributed by atoms with Crippen molar-refractivity contribution in [2.45, 2.75) is 71.1 Å². The molecule has 0 aromatic heterocycles. The van der Waals surface area contributed by atoms with Crippen LogP contribution in [0.25, 0.3) is 0 Å². The molecule has 0 heterocycles. The zero-order valence-electron chi connectivity index (χ0n) is 13.6. The van der Waals surface area contributed by atoms with E-state index in [1.165, 1.54) is 51.4 Å². The molecule has 116 valence electrons. The predicted molar refractivity (Wildman–Crippen MR) is 77.0 cm³/mol. The van der Waals surface area contributed by atoms with Gasteiger partial charge >= 0.3 is 35.5 Å². The summed E-state index contributed by atoms with van der Waals surface area (Å²) in [5.74, 6) is -2.01. The second-order valence-electron chi connectivity index (χ2n) is 5.00. The van der Waals surface area contributed by atoms with E-state index >= 15 is 0 Å². The molecule has 5 heteroatoms. The Morgan fingerprint density at radius 1 is 0.857 bits per heavy atom. The molecule has 4 nitrogen and oxygen atoms in total. The average Bonchev–Trinajstić information content (AvgIpc) is 2.42. The van der Waals surface area contributed by atoms with Crippen molar-refractivity contribution in [3.05, 3.63) is 12.2 Å². The number of carbonyl (C=O) groups is 2. The van der Waals surface area contributed by atoms with Crippen LogP contribution in [0.3, 0.4) is 0 Å². The number of rotatable bonds is 13. The number of carbonyl (C=O) groups excluding carboxylic acids is 2. The molecule has 0 aliphatic carbocycles. The van der Waals surface area contributed by atoms with Crippen LogP contribution >= 0.6 is 0 Å². The summed E-state index contributed by atoms with van der Waals surface area (Å²) in [6.07, 6.45) is 13.8. The summed E-state index contributed by atoms with van der Waals surface area (Å²) in [5.41, 5.74) is 0. The Morgan fingerprint density at radius 3 is 1.81 bits per heavy atom. The molecule has 0 N–H and O–H groups in total. The maximum absolute atomic E-state index is 11.0. The normalized spacial score (nSPS) is 10.3. The topological polar surface area (TPSA) is 66.4 Å². The van der Waals surface area contributed by atoms with Gasteiger partial charge in [-0.1, -0.05) is 64.7 Å². The van der Waals surface area contributed by atoms with Gasteiger partial charge in [-0.15, -0.1) is 0 Å². The van der Waals surface area contributed by atoms with E-state index in [-0.39, 0.29) is 29.6 Å².